The van der Waals surface area contributed by atoms with Gasteiger partial charge in [0.2, 0.25) is 5.95 Å². The van der Waals surface area contributed by atoms with E-state index in [1.165, 1.54) is 23.5 Å². The highest BCUT2D eigenvalue weighted by atomic mass is 32.1. The van der Waals surface area contributed by atoms with Gasteiger partial charge < -0.3 is 9.80 Å². The van der Waals surface area contributed by atoms with E-state index in [1.54, 1.807) is 17.8 Å². The minimum atomic E-state index is -0.295. The average molecular weight is 426 g/mol. The van der Waals surface area contributed by atoms with Crippen LogP contribution in [0.5, 0.6) is 0 Å². The third-order valence-corrected chi connectivity index (χ3v) is 6.29. The number of carbonyl (C=O) groups excluding carboxylic acids is 1. The zero-order chi connectivity index (χ0) is 21.3. The summed E-state index contributed by atoms with van der Waals surface area (Å²) < 4.78 is 13.9. The van der Waals surface area contributed by atoms with Gasteiger partial charge in [0.05, 0.1) is 16.9 Å². The van der Waals surface area contributed by atoms with Gasteiger partial charge in [-0.2, -0.15) is 0 Å². The lowest BCUT2D eigenvalue weighted by molar-refractivity contribution is 0.0710. The maximum Gasteiger partial charge on any atom is 0.265 e. The summed E-state index contributed by atoms with van der Waals surface area (Å²) in [5.74, 6) is 0.382. The van der Waals surface area contributed by atoms with Gasteiger partial charge in [-0.15, -0.1) is 11.3 Å². The van der Waals surface area contributed by atoms with Crippen LogP contribution in [0.15, 0.2) is 36.0 Å². The Morgan fingerprint density at radius 3 is 2.83 bits per heavy atom. The number of amides is 1. The summed E-state index contributed by atoms with van der Waals surface area (Å²) in [4.78, 5) is 31.0. The zero-order valence-corrected chi connectivity index (χ0v) is 18.1. The molecule has 0 aliphatic carbocycles. The summed E-state index contributed by atoms with van der Waals surface area (Å²) in [6, 6.07) is 6.49. The summed E-state index contributed by atoms with van der Waals surface area (Å²) >= 11 is 1.38. The van der Waals surface area contributed by atoms with Crippen LogP contribution in [-0.4, -0.2) is 52.9 Å². The van der Waals surface area contributed by atoms with Gasteiger partial charge in [0.1, 0.15) is 10.7 Å². The second-order valence-electron chi connectivity index (χ2n) is 7.73. The summed E-state index contributed by atoms with van der Waals surface area (Å²) in [5.41, 5.74) is 4.90. The van der Waals surface area contributed by atoms with Crippen LogP contribution < -0.4 is 4.90 Å². The molecule has 0 radical (unpaired) electrons. The van der Waals surface area contributed by atoms with Crippen LogP contribution in [0.4, 0.5) is 10.3 Å². The summed E-state index contributed by atoms with van der Waals surface area (Å²) in [6.45, 7) is 3.15. The van der Waals surface area contributed by atoms with Crippen molar-refractivity contribution in [2.24, 2.45) is 0 Å². The Labute approximate surface area is 179 Å². The molecule has 30 heavy (non-hydrogen) atoms. The number of hydrogen-bond donors (Lipinski definition) is 0. The molecule has 0 bridgehead atoms. The molecule has 8 heteroatoms. The quantitative estimate of drug-likeness (QED) is 0.629. The summed E-state index contributed by atoms with van der Waals surface area (Å²) in [7, 11) is 3.79. The van der Waals surface area contributed by atoms with Crippen molar-refractivity contribution in [3.63, 3.8) is 0 Å². The first-order chi connectivity index (χ1) is 14.4. The van der Waals surface area contributed by atoms with E-state index in [9.17, 15) is 9.18 Å². The third-order valence-electron chi connectivity index (χ3n) is 5.38. The van der Waals surface area contributed by atoms with Crippen LogP contribution >= 0.6 is 11.3 Å². The molecule has 3 aromatic rings. The first kappa shape index (κ1) is 20.4. The van der Waals surface area contributed by atoms with E-state index in [4.69, 9.17) is 4.98 Å². The fraction of sp³-hybridized carbons (Fsp3) is 0.364. The van der Waals surface area contributed by atoms with Gasteiger partial charge in [0, 0.05) is 44.9 Å². The molecule has 156 valence electrons. The van der Waals surface area contributed by atoms with Crippen molar-refractivity contribution in [3.05, 3.63) is 58.1 Å². The van der Waals surface area contributed by atoms with Gasteiger partial charge in [-0.25, -0.2) is 19.3 Å². The van der Waals surface area contributed by atoms with Crippen molar-refractivity contribution in [2.45, 2.75) is 25.7 Å². The van der Waals surface area contributed by atoms with E-state index in [0.29, 0.717) is 23.9 Å². The van der Waals surface area contributed by atoms with E-state index in [2.05, 4.69) is 9.97 Å². The molecule has 0 N–H and O–H groups in total. The predicted octanol–water partition coefficient (Wildman–Crippen LogP) is 4.13. The number of rotatable bonds is 4. The number of hydrogen-bond acceptors (Lipinski definition) is 6. The Morgan fingerprint density at radius 1 is 1.30 bits per heavy atom. The van der Waals surface area contributed by atoms with Crippen LogP contribution in [0.3, 0.4) is 0 Å². The zero-order valence-electron chi connectivity index (χ0n) is 17.3. The van der Waals surface area contributed by atoms with Crippen LogP contribution in [-0.2, 0) is 0 Å². The van der Waals surface area contributed by atoms with Crippen molar-refractivity contribution in [1.82, 2.24) is 19.9 Å². The molecule has 1 aromatic carbocycles. The van der Waals surface area contributed by atoms with Gasteiger partial charge in [-0.1, -0.05) is 12.1 Å². The summed E-state index contributed by atoms with van der Waals surface area (Å²) in [6.07, 6.45) is 3.57. The number of halogens is 1. The van der Waals surface area contributed by atoms with Crippen molar-refractivity contribution in [2.75, 3.05) is 32.1 Å². The van der Waals surface area contributed by atoms with Crippen LogP contribution in [0.2, 0.25) is 0 Å². The lowest BCUT2D eigenvalue weighted by Crippen LogP contribution is -2.39. The molecule has 2 aromatic heterocycles. The first-order valence-corrected chi connectivity index (χ1v) is 10.8. The van der Waals surface area contributed by atoms with Crippen LogP contribution in [0.1, 0.15) is 39.8 Å². The number of aromatic nitrogens is 3. The summed E-state index contributed by atoms with van der Waals surface area (Å²) in [5, 5.41) is 0. The second-order valence-corrected chi connectivity index (χ2v) is 8.59. The van der Waals surface area contributed by atoms with Gasteiger partial charge in [-0.05, 0) is 37.5 Å². The molecular weight excluding hydrogens is 401 g/mol. The number of thiazole rings is 1. The topological polar surface area (TPSA) is 62.2 Å². The Bertz CT molecular complexity index is 1070. The van der Waals surface area contributed by atoms with Crippen molar-refractivity contribution in [1.29, 1.82) is 0 Å². The fourth-order valence-corrected chi connectivity index (χ4v) is 4.60. The third kappa shape index (κ3) is 4.05. The first-order valence-electron chi connectivity index (χ1n) is 9.93. The lowest BCUT2D eigenvalue weighted by Gasteiger charge is -2.33. The largest absolute Gasteiger partial charge is 0.347 e. The molecule has 1 aliphatic rings. The Balaban J connectivity index is 1.70. The molecule has 0 spiro atoms. The number of benzene rings is 1. The highest BCUT2D eigenvalue weighted by Crippen LogP contribution is 2.34. The highest BCUT2D eigenvalue weighted by molar-refractivity contribution is 7.11. The number of anilines is 1. The highest BCUT2D eigenvalue weighted by Gasteiger charge is 2.30. The number of aryl methyl sites for hydroxylation is 1. The molecule has 4 rings (SSSR count). The lowest BCUT2D eigenvalue weighted by atomic mass is 9.89. The second kappa shape index (κ2) is 8.47. The number of piperidine rings is 1. The fourth-order valence-electron chi connectivity index (χ4n) is 3.83. The van der Waals surface area contributed by atoms with Gasteiger partial charge in [0.15, 0.2) is 0 Å². The molecule has 0 saturated carbocycles. The molecule has 1 unspecified atom stereocenters. The maximum absolute atomic E-state index is 13.9. The van der Waals surface area contributed by atoms with Crippen molar-refractivity contribution < 1.29 is 9.18 Å². The number of likely N-dealkylation sites (tertiary alicyclic amines) is 1. The van der Waals surface area contributed by atoms with Crippen LogP contribution in [0, 0.1) is 12.7 Å². The number of carbonyl (C=O) groups is 1. The van der Waals surface area contributed by atoms with Gasteiger partial charge >= 0.3 is 0 Å². The maximum atomic E-state index is 13.9. The van der Waals surface area contributed by atoms with Crippen LogP contribution in [0.25, 0.3) is 11.1 Å². The number of nitrogens with zero attached hydrogens (tertiary/aromatic N) is 5. The van der Waals surface area contributed by atoms with E-state index >= 15 is 0 Å². The average Bonchev–Trinajstić information content (AvgIpc) is 3.18. The smallest absolute Gasteiger partial charge is 0.265 e. The van der Waals surface area contributed by atoms with Crippen molar-refractivity contribution in [3.8, 4) is 11.1 Å². The normalized spacial score (nSPS) is 16.5. The van der Waals surface area contributed by atoms with Gasteiger partial charge in [-0.3, -0.25) is 4.79 Å². The Kier molecular flexibility index (Phi) is 5.76. The van der Waals surface area contributed by atoms with E-state index in [0.717, 1.165) is 35.4 Å². The van der Waals surface area contributed by atoms with Gasteiger partial charge in [0.25, 0.3) is 5.91 Å². The molecule has 1 saturated heterocycles. The molecule has 1 atom stereocenters. The van der Waals surface area contributed by atoms with E-state index < -0.39 is 0 Å². The SMILES string of the molecule is Cc1ncsc1C(=O)N1CCCC(c2nc(N(C)C)ncc2-c2cccc(F)c2)C1. The molecule has 1 amide bonds. The molecule has 6 nitrogen and oxygen atoms in total. The van der Waals surface area contributed by atoms with Crippen molar-refractivity contribution >= 4 is 23.2 Å². The van der Waals surface area contributed by atoms with E-state index in [-0.39, 0.29) is 17.6 Å². The molecule has 3 heterocycles. The minimum Gasteiger partial charge on any atom is -0.347 e. The molecule has 1 aliphatic heterocycles. The Morgan fingerprint density at radius 2 is 2.13 bits per heavy atom. The Hall–Kier alpha value is -2.87. The molecular formula is C22H24FN5OS. The monoisotopic (exact) mass is 425 g/mol. The minimum absolute atomic E-state index is 0.0221. The standard InChI is InChI=1S/C22H24FN5OS/c1-14-20(30-13-25-14)21(29)28-9-5-7-16(12-28)19-18(11-24-22(26-19)27(2)3)15-6-4-8-17(23)10-15/h4,6,8,10-11,13,16H,5,7,9,12H2,1-3H3. The predicted molar refractivity (Wildman–Crippen MR) is 116 cm³/mol. The molecule has 1 fully saturated rings. The van der Waals surface area contributed by atoms with E-state index in [1.807, 2.05) is 36.9 Å².